The third-order valence-corrected chi connectivity index (χ3v) is 1.63. The van der Waals surface area contributed by atoms with Crippen LogP contribution in [0.2, 0.25) is 0 Å². The van der Waals surface area contributed by atoms with Crippen LogP contribution >= 0.6 is 0 Å². The van der Waals surface area contributed by atoms with E-state index in [2.05, 4.69) is 5.32 Å². The normalized spacial score (nSPS) is 10.2. The SMILES string of the molecule is NC=CCNc1ccccc1C=O. The van der Waals surface area contributed by atoms with Crippen molar-refractivity contribution in [3.63, 3.8) is 0 Å². The molecule has 0 atom stereocenters. The fourth-order valence-corrected chi connectivity index (χ4v) is 0.998. The maximum atomic E-state index is 10.6. The van der Waals surface area contributed by atoms with Crippen molar-refractivity contribution in [1.29, 1.82) is 0 Å². The van der Waals surface area contributed by atoms with E-state index in [9.17, 15) is 4.79 Å². The number of nitrogens with one attached hydrogen (secondary N) is 1. The average molecular weight is 176 g/mol. The summed E-state index contributed by atoms with van der Waals surface area (Å²) < 4.78 is 0. The third-order valence-electron chi connectivity index (χ3n) is 1.63. The lowest BCUT2D eigenvalue weighted by Crippen LogP contribution is -2.01. The summed E-state index contributed by atoms with van der Waals surface area (Å²) in [5.74, 6) is 0. The fourth-order valence-electron chi connectivity index (χ4n) is 0.998. The lowest BCUT2D eigenvalue weighted by Gasteiger charge is -2.04. The number of rotatable bonds is 4. The maximum absolute atomic E-state index is 10.6. The molecule has 0 unspecified atom stereocenters. The molecule has 0 spiro atoms. The fraction of sp³-hybridized carbons (Fsp3) is 0.100. The Morgan fingerprint density at radius 3 is 2.85 bits per heavy atom. The number of hydrogen-bond acceptors (Lipinski definition) is 3. The van der Waals surface area contributed by atoms with E-state index in [-0.39, 0.29) is 0 Å². The molecule has 0 heterocycles. The van der Waals surface area contributed by atoms with Gasteiger partial charge in [-0.05, 0) is 24.4 Å². The summed E-state index contributed by atoms with van der Waals surface area (Å²) in [6.45, 7) is 0.626. The van der Waals surface area contributed by atoms with E-state index in [1.54, 1.807) is 12.1 Å². The molecule has 13 heavy (non-hydrogen) atoms. The molecule has 0 radical (unpaired) electrons. The molecule has 0 saturated carbocycles. The summed E-state index contributed by atoms with van der Waals surface area (Å²) in [4.78, 5) is 10.6. The number of anilines is 1. The van der Waals surface area contributed by atoms with Crippen molar-refractivity contribution < 1.29 is 4.79 Å². The molecular weight excluding hydrogens is 164 g/mol. The van der Waals surface area contributed by atoms with Gasteiger partial charge in [-0.15, -0.1) is 0 Å². The molecule has 0 aliphatic heterocycles. The second-order valence-electron chi connectivity index (χ2n) is 2.51. The molecule has 3 heteroatoms. The second-order valence-corrected chi connectivity index (χ2v) is 2.51. The molecular formula is C10H12N2O. The maximum Gasteiger partial charge on any atom is 0.152 e. The van der Waals surface area contributed by atoms with E-state index in [0.717, 1.165) is 12.0 Å². The summed E-state index contributed by atoms with van der Waals surface area (Å²) in [6, 6.07) is 7.32. The third kappa shape index (κ3) is 2.63. The zero-order chi connectivity index (χ0) is 9.52. The van der Waals surface area contributed by atoms with Crippen LogP contribution in [-0.2, 0) is 0 Å². The van der Waals surface area contributed by atoms with Gasteiger partial charge in [-0.1, -0.05) is 12.1 Å². The first-order valence-electron chi connectivity index (χ1n) is 4.03. The zero-order valence-corrected chi connectivity index (χ0v) is 7.23. The number of nitrogens with two attached hydrogens (primary N) is 1. The van der Waals surface area contributed by atoms with Crippen LogP contribution in [-0.4, -0.2) is 12.8 Å². The number of carbonyl (C=O) groups is 1. The highest BCUT2D eigenvalue weighted by Gasteiger charge is 1.96. The predicted octanol–water partition coefficient (Wildman–Crippen LogP) is 1.38. The van der Waals surface area contributed by atoms with E-state index in [4.69, 9.17) is 5.73 Å². The van der Waals surface area contributed by atoms with Crippen LogP contribution in [0.25, 0.3) is 0 Å². The van der Waals surface area contributed by atoms with Gasteiger partial charge >= 0.3 is 0 Å². The summed E-state index contributed by atoms with van der Waals surface area (Å²) in [5, 5.41) is 3.07. The van der Waals surface area contributed by atoms with Gasteiger partial charge in [0.15, 0.2) is 6.29 Å². The van der Waals surface area contributed by atoms with Gasteiger partial charge in [0.25, 0.3) is 0 Å². The highest BCUT2D eigenvalue weighted by molar-refractivity contribution is 5.84. The van der Waals surface area contributed by atoms with Crippen LogP contribution in [0.3, 0.4) is 0 Å². The van der Waals surface area contributed by atoms with Crippen LogP contribution < -0.4 is 11.1 Å². The van der Waals surface area contributed by atoms with E-state index in [0.29, 0.717) is 12.1 Å². The highest BCUT2D eigenvalue weighted by Crippen LogP contribution is 2.11. The Kier molecular flexibility index (Phi) is 3.57. The quantitative estimate of drug-likeness (QED) is 0.681. The molecule has 0 bridgehead atoms. The molecule has 1 aromatic rings. The molecule has 3 nitrogen and oxygen atoms in total. The average Bonchev–Trinajstić information content (AvgIpc) is 2.19. The molecule has 0 amide bonds. The predicted molar refractivity (Wildman–Crippen MR) is 53.6 cm³/mol. The smallest absolute Gasteiger partial charge is 0.152 e. The van der Waals surface area contributed by atoms with Gasteiger partial charge in [0.1, 0.15) is 0 Å². The van der Waals surface area contributed by atoms with Crippen molar-refractivity contribution in [2.75, 3.05) is 11.9 Å². The van der Waals surface area contributed by atoms with Crippen molar-refractivity contribution >= 4 is 12.0 Å². The van der Waals surface area contributed by atoms with Crippen LogP contribution in [0.1, 0.15) is 10.4 Å². The van der Waals surface area contributed by atoms with Crippen molar-refractivity contribution in [3.05, 3.63) is 42.1 Å². The summed E-state index contributed by atoms with van der Waals surface area (Å²) in [7, 11) is 0. The van der Waals surface area contributed by atoms with Gasteiger partial charge in [-0.3, -0.25) is 4.79 Å². The Morgan fingerprint density at radius 2 is 2.15 bits per heavy atom. The van der Waals surface area contributed by atoms with Crippen molar-refractivity contribution in [2.45, 2.75) is 0 Å². The minimum atomic E-state index is 0.626. The van der Waals surface area contributed by atoms with Gasteiger partial charge in [-0.2, -0.15) is 0 Å². The van der Waals surface area contributed by atoms with Crippen LogP contribution in [0.15, 0.2) is 36.5 Å². The molecule has 0 aliphatic rings. The van der Waals surface area contributed by atoms with Gasteiger partial charge in [0.2, 0.25) is 0 Å². The first kappa shape index (κ1) is 9.32. The summed E-state index contributed by atoms with van der Waals surface area (Å²) >= 11 is 0. The van der Waals surface area contributed by atoms with Crippen LogP contribution in [0.4, 0.5) is 5.69 Å². The monoisotopic (exact) mass is 176 g/mol. The zero-order valence-electron chi connectivity index (χ0n) is 7.23. The molecule has 0 aromatic heterocycles. The Morgan fingerprint density at radius 1 is 1.38 bits per heavy atom. The Labute approximate surface area is 77.3 Å². The summed E-state index contributed by atoms with van der Waals surface area (Å²) in [5.41, 5.74) is 6.66. The van der Waals surface area contributed by atoms with Crippen LogP contribution in [0.5, 0.6) is 0 Å². The summed E-state index contributed by atoms with van der Waals surface area (Å²) in [6.07, 6.45) is 4.08. The molecule has 0 aliphatic carbocycles. The Balaban J connectivity index is 2.69. The van der Waals surface area contributed by atoms with E-state index in [1.807, 2.05) is 18.2 Å². The number of para-hydroxylation sites is 1. The molecule has 0 saturated heterocycles. The van der Waals surface area contributed by atoms with E-state index >= 15 is 0 Å². The topological polar surface area (TPSA) is 55.1 Å². The molecule has 3 N–H and O–H groups in total. The van der Waals surface area contributed by atoms with Crippen molar-refractivity contribution in [3.8, 4) is 0 Å². The van der Waals surface area contributed by atoms with Gasteiger partial charge in [0, 0.05) is 17.8 Å². The van der Waals surface area contributed by atoms with Gasteiger partial charge in [-0.25, -0.2) is 0 Å². The molecule has 1 rings (SSSR count). The minimum Gasteiger partial charge on any atom is -0.405 e. The molecule has 0 fully saturated rings. The Hall–Kier alpha value is -1.77. The lowest BCUT2D eigenvalue weighted by atomic mass is 10.2. The minimum absolute atomic E-state index is 0.626. The Bertz CT molecular complexity index is 308. The highest BCUT2D eigenvalue weighted by atomic mass is 16.1. The molecule has 68 valence electrons. The van der Waals surface area contributed by atoms with Crippen molar-refractivity contribution in [1.82, 2.24) is 0 Å². The van der Waals surface area contributed by atoms with Crippen LogP contribution in [0, 0.1) is 0 Å². The lowest BCUT2D eigenvalue weighted by molar-refractivity contribution is 0.112. The number of benzene rings is 1. The van der Waals surface area contributed by atoms with E-state index < -0.39 is 0 Å². The number of aldehydes is 1. The van der Waals surface area contributed by atoms with Crippen molar-refractivity contribution in [2.24, 2.45) is 5.73 Å². The number of carbonyl (C=O) groups excluding carboxylic acids is 1. The first-order valence-corrected chi connectivity index (χ1v) is 4.03. The largest absolute Gasteiger partial charge is 0.405 e. The van der Waals surface area contributed by atoms with Gasteiger partial charge in [0.05, 0.1) is 0 Å². The molecule has 1 aromatic carbocycles. The first-order chi connectivity index (χ1) is 6.38. The van der Waals surface area contributed by atoms with E-state index in [1.165, 1.54) is 6.20 Å². The van der Waals surface area contributed by atoms with Gasteiger partial charge < -0.3 is 11.1 Å². The number of hydrogen-bond donors (Lipinski definition) is 2. The second kappa shape index (κ2) is 4.98. The standard InChI is InChI=1S/C10H12N2O/c11-6-3-7-12-10-5-2-1-4-9(10)8-13/h1-6,8,12H,7,11H2.